The molecule has 0 heterocycles. The molecule has 0 radical (unpaired) electrons. The van der Waals surface area contributed by atoms with Crippen molar-refractivity contribution in [2.45, 2.75) is 13.8 Å². The van der Waals surface area contributed by atoms with Crippen LogP contribution in [0.5, 0.6) is 17.2 Å². The van der Waals surface area contributed by atoms with Crippen molar-refractivity contribution in [2.75, 3.05) is 13.7 Å². The maximum Gasteiger partial charge on any atom is 0.277 e. The minimum atomic E-state index is -0.381. The van der Waals surface area contributed by atoms with Crippen LogP contribution in [0, 0.1) is 13.8 Å². The third-order valence-electron chi connectivity index (χ3n) is 3.33. The summed E-state index contributed by atoms with van der Waals surface area (Å²) in [6.45, 7) is 3.75. The summed E-state index contributed by atoms with van der Waals surface area (Å²) in [6.07, 6.45) is 1.45. The second-order valence-corrected chi connectivity index (χ2v) is 6.26. The number of carbonyl (C=O) groups is 1. The summed E-state index contributed by atoms with van der Waals surface area (Å²) in [4.78, 5) is 11.8. The summed E-state index contributed by atoms with van der Waals surface area (Å²) in [5.74, 6) is 0.622. The Labute approximate surface area is 154 Å². The third kappa shape index (κ3) is 5.22. The highest BCUT2D eigenvalue weighted by atomic mass is 79.9. The van der Waals surface area contributed by atoms with Gasteiger partial charge in [-0.1, -0.05) is 6.07 Å². The van der Waals surface area contributed by atoms with Crippen molar-refractivity contribution in [2.24, 2.45) is 5.10 Å². The molecule has 0 saturated heterocycles. The molecule has 0 unspecified atom stereocenters. The minimum Gasteiger partial charge on any atom is -0.504 e. The molecule has 6 nitrogen and oxygen atoms in total. The average molecular weight is 407 g/mol. The minimum absolute atomic E-state index is 0.0381. The van der Waals surface area contributed by atoms with Gasteiger partial charge in [0.25, 0.3) is 5.91 Å². The van der Waals surface area contributed by atoms with Crippen molar-refractivity contribution in [3.8, 4) is 17.2 Å². The first-order valence-corrected chi connectivity index (χ1v) is 8.28. The van der Waals surface area contributed by atoms with Gasteiger partial charge in [0.2, 0.25) is 0 Å². The first-order valence-electron chi connectivity index (χ1n) is 7.49. The van der Waals surface area contributed by atoms with E-state index in [0.717, 1.165) is 15.6 Å². The van der Waals surface area contributed by atoms with Crippen LogP contribution in [-0.4, -0.2) is 30.9 Å². The Bertz CT molecular complexity index is 783. The van der Waals surface area contributed by atoms with Gasteiger partial charge < -0.3 is 14.6 Å². The Balaban J connectivity index is 1.91. The highest BCUT2D eigenvalue weighted by Crippen LogP contribution is 2.30. The highest BCUT2D eigenvalue weighted by Gasteiger charge is 2.09. The number of methoxy groups -OCH3 is 1. The van der Waals surface area contributed by atoms with Gasteiger partial charge in [0.1, 0.15) is 5.75 Å². The summed E-state index contributed by atoms with van der Waals surface area (Å²) in [5.41, 5.74) is 5.12. The third-order valence-corrected chi connectivity index (χ3v) is 3.92. The molecular formula is C18H19BrN2O4. The van der Waals surface area contributed by atoms with Crippen LogP contribution in [-0.2, 0) is 4.79 Å². The van der Waals surface area contributed by atoms with Gasteiger partial charge in [-0.05, 0) is 70.7 Å². The Morgan fingerprint density at radius 3 is 2.76 bits per heavy atom. The van der Waals surface area contributed by atoms with Crippen LogP contribution in [0.3, 0.4) is 0 Å². The molecular weight excluding hydrogens is 388 g/mol. The smallest absolute Gasteiger partial charge is 0.277 e. The first-order chi connectivity index (χ1) is 11.9. The fraction of sp³-hybridized carbons (Fsp3) is 0.222. The molecule has 2 N–H and O–H groups in total. The number of halogens is 1. The van der Waals surface area contributed by atoms with E-state index in [0.29, 0.717) is 17.1 Å². The van der Waals surface area contributed by atoms with Crippen molar-refractivity contribution in [3.05, 3.63) is 51.5 Å². The van der Waals surface area contributed by atoms with Crippen molar-refractivity contribution in [1.82, 2.24) is 5.43 Å². The quantitative estimate of drug-likeness (QED) is 0.569. The number of phenols is 1. The Morgan fingerprint density at radius 1 is 1.32 bits per heavy atom. The molecule has 1 amide bonds. The van der Waals surface area contributed by atoms with Crippen molar-refractivity contribution < 1.29 is 19.4 Å². The zero-order valence-corrected chi connectivity index (χ0v) is 15.8. The Morgan fingerprint density at radius 2 is 2.08 bits per heavy atom. The number of nitrogens with zero attached hydrogens (tertiary/aromatic N) is 1. The second kappa shape index (κ2) is 8.53. The van der Waals surface area contributed by atoms with E-state index in [-0.39, 0.29) is 18.3 Å². The van der Waals surface area contributed by atoms with Crippen LogP contribution >= 0.6 is 15.9 Å². The monoisotopic (exact) mass is 406 g/mol. The van der Waals surface area contributed by atoms with Gasteiger partial charge >= 0.3 is 0 Å². The van der Waals surface area contributed by atoms with Crippen LogP contribution in [0.15, 0.2) is 39.9 Å². The molecule has 0 aliphatic carbocycles. The van der Waals surface area contributed by atoms with Gasteiger partial charge in [-0.25, -0.2) is 5.43 Å². The van der Waals surface area contributed by atoms with Gasteiger partial charge in [0.05, 0.1) is 17.8 Å². The van der Waals surface area contributed by atoms with Crippen LogP contribution < -0.4 is 14.9 Å². The van der Waals surface area contributed by atoms with E-state index in [1.165, 1.54) is 19.4 Å². The number of hydrazone groups is 1. The molecule has 2 aromatic rings. The van der Waals surface area contributed by atoms with Gasteiger partial charge in [-0.3, -0.25) is 4.79 Å². The van der Waals surface area contributed by atoms with E-state index in [1.807, 2.05) is 26.0 Å². The number of aromatic hydroxyl groups is 1. The van der Waals surface area contributed by atoms with Crippen LogP contribution in [0.25, 0.3) is 0 Å². The SMILES string of the molecule is COc1cc(/C=N/NC(=O)COc2c(C)cc(C)cc2Br)ccc1O. The number of amides is 1. The second-order valence-electron chi connectivity index (χ2n) is 5.41. The van der Waals surface area contributed by atoms with E-state index in [9.17, 15) is 9.90 Å². The van der Waals surface area contributed by atoms with E-state index < -0.39 is 0 Å². The van der Waals surface area contributed by atoms with E-state index in [4.69, 9.17) is 9.47 Å². The van der Waals surface area contributed by atoms with E-state index >= 15 is 0 Å². The van der Waals surface area contributed by atoms with Crippen LogP contribution in [0.1, 0.15) is 16.7 Å². The summed E-state index contributed by atoms with van der Waals surface area (Å²) in [7, 11) is 1.46. The zero-order chi connectivity index (χ0) is 18.4. The van der Waals surface area contributed by atoms with Gasteiger partial charge in [-0.2, -0.15) is 5.10 Å². The summed E-state index contributed by atoms with van der Waals surface area (Å²) in [6, 6.07) is 8.65. The molecule has 2 aromatic carbocycles. The van der Waals surface area contributed by atoms with Gasteiger partial charge in [0, 0.05) is 0 Å². The summed E-state index contributed by atoms with van der Waals surface area (Å²) < 4.78 is 11.4. The number of aryl methyl sites for hydroxylation is 2. The number of carbonyl (C=O) groups excluding carboxylic acids is 1. The molecule has 0 spiro atoms. The predicted octanol–water partition coefficient (Wildman–Crippen LogP) is 3.31. The average Bonchev–Trinajstić information content (AvgIpc) is 2.55. The number of ether oxygens (including phenoxy) is 2. The molecule has 0 aromatic heterocycles. The molecule has 0 saturated carbocycles. The van der Waals surface area contributed by atoms with E-state index in [1.54, 1.807) is 12.1 Å². The molecule has 0 atom stereocenters. The number of hydrogen-bond donors (Lipinski definition) is 2. The lowest BCUT2D eigenvalue weighted by Crippen LogP contribution is -2.24. The molecule has 0 bridgehead atoms. The Hall–Kier alpha value is -2.54. The number of benzene rings is 2. The lowest BCUT2D eigenvalue weighted by Gasteiger charge is -2.11. The zero-order valence-electron chi connectivity index (χ0n) is 14.2. The Kier molecular flexibility index (Phi) is 6.41. The maximum atomic E-state index is 11.8. The van der Waals surface area contributed by atoms with Crippen molar-refractivity contribution in [1.29, 1.82) is 0 Å². The summed E-state index contributed by atoms with van der Waals surface area (Å²) in [5, 5.41) is 13.4. The number of phenolic OH excluding ortho intramolecular Hbond substituents is 1. The molecule has 132 valence electrons. The first kappa shape index (κ1) is 18.8. The molecule has 7 heteroatoms. The van der Waals surface area contributed by atoms with Crippen LogP contribution in [0.2, 0.25) is 0 Å². The fourth-order valence-electron chi connectivity index (χ4n) is 2.21. The number of rotatable bonds is 6. The number of nitrogens with one attached hydrogen (secondary N) is 1. The lowest BCUT2D eigenvalue weighted by atomic mass is 10.1. The van der Waals surface area contributed by atoms with Crippen molar-refractivity contribution in [3.63, 3.8) is 0 Å². The number of hydrogen-bond acceptors (Lipinski definition) is 5. The van der Waals surface area contributed by atoms with Gasteiger partial charge in [-0.15, -0.1) is 0 Å². The lowest BCUT2D eigenvalue weighted by molar-refractivity contribution is -0.123. The van der Waals surface area contributed by atoms with E-state index in [2.05, 4.69) is 26.5 Å². The molecule has 0 aliphatic rings. The molecule has 2 rings (SSSR count). The molecule has 25 heavy (non-hydrogen) atoms. The molecule has 0 fully saturated rings. The topological polar surface area (TPSA) is 80.2 Å². The highest BCUT2D eigenvalue weighted by molar-refractivity contribution is 9.10. The van der Waals surface area contributed by atoms with Crippen molar-refractivity contribution >= 4 is 28.1 Å². The van der Waals surface area contributed by atoms with Gasteiger partial charge in [0.15, 0.2) is 18.1 Å². The normalized spacial score (nSPS) is 10.7. The fourth-order valence-corrected chi connectivity index (χ4v) is 3.00. The predicted molar refractivity (Wildman–Crippen MR) is 99.5 cm³/mol. The maximum absolute atomic E-state index is 11.8. The standard InChI is InChI=1S/C18H19BrN2O4/c1-11-6-12(2)18(14(19)7-11)25-10-17(23)21-20-9-13-4-5-15(22)16(8-13)24-3/h4-9,22H,10H2,1-3H3,(H,21,23)/b20-9+. The molecule has 0 aliphatic heterocycles. The summed E-state index contributed by atoms with van der Waals surface area (Å²) >= 11 is 3.43. The van der Waals surface area contributed by atoms with Crippen LogP contribution in [0.4, 0.5) is 0 Å². The largest absolute Gasteiger partial charge is 0.504 e.